The molecule has 4 heteroatoms. The highest BCUT2D eigenvalue weighted by Gasteiger charge is 2.35. The lowest BCUT2D eigenvalue weighted by molar-refractivity contribution is -0.143. The van der Waals surface area contributed by atoms with E-state index in [9.17, 15) is 14.7 Å². The zero-order valence-corrected chi connectivity index (χ0v) is 19.1. The fraction of sp³-hybridized carbons (Fsp3) is 0.440. The maximum atomic E-state index is 13.2. The van der Waals surface area contributed by atoms with E-state index in [1.54, 1.807) is 57.2 Å². The Kier molecular flexibility index (Phi) is 11.8. The van der Waals surface area contributed by atoms with Gasteiger partial charge in [-0.2, -0.15) is 0 Å². The van der Waals surface area contributed by atoms with Crippen molar-refractivity contribution in [1.29, 1.82) is 0 Å². The Morgan fingerprint density at radius 1 is 0.966 bits per heavy atom. The number of Topliss-reactive ketones (excluding diaryl/α,β-unsaturated/α-hetero) is 1. The first-order chi connectivity index (χ1) is 13.8. The van der Waals surface area contributed by atoms with Gasteiger partial charge in [0.2, 0.25) is 0 Å². The third-order valence-electron chi connectivity index (χ3n) is 4.13. The van der Waals surface area contributed by atoms with E-state index in [4.69, 9.17) is 4.74 Å². The molecule has 1 unspecified atom stereocenters. The SMILES string of the molecule is CC.CC.CCOC(=O)C(C(=O)c1ccccc1C)c1ccccc1C(C)(C)O. The number of ether oxygens (including phenoxy) is 1. The highest BCUT2D eigenvalue weighted by atomic mass is 16.5. The largest absolute Gasteiger partial charge is 0.465 e. The Labute approximate surface area is 175 Å². The molecule has 1 atom stereocenters. The maximum Gasteiger partial charge on any atom is 0.321 e. The van der Waals surface area contributed by atoms with Crippen LogP contribution in [0, 0.1) is 6.92 Å². The molecule has 0 radical (unpaired) electrons. The van der Waals surface area contributed by atoms with E-state index < -0.39 is 17.5 Å². The molecular weight excluding hydrogens is 364 g/mol. The molecule has 29 heavy (non-hydrogen) atoms. The van der Waals surface area contributed by atoms with Crippen LogP contribution in [0.15, 0.2) is 48.5 Å². The molecule has 0 aliphatic rings. The number of carbonyl (C=O) groups is 2. The van der Waals surface area contributed by atoms with Gasteiger partial charge in [0.25, 0.3) is 0 Å². The first-order valence-electron chi connectivity index (χ1n) is 10.4. The van der Waals surface area contributed by atoms with Gasteiger partial charge in [0.15, 0.2) is 5.78 Å². The smallest absolute Gasteiger partial charge is 0.321 e. The molecule has 0 aliphatic carbocycles. The zero-order chi connectivity index (χ0) is 22.6. The lowest BCUT2D eigenvalue weighted by Gasteiger charge is -2.25. The summed E-state index contributed by atoms with van der Waals surface area (Å²) in [6.45, 7) is 15.0. The first-order valence-corrected chi connectivity index (χ1v) is 10.4. The average molecular weight is 401 g/mol. The van der Waals surface area contributed by atoms with Crippen LogP contribution in [-0.2, 0) is 15.1 Å². The number of rotatable bonds is 6. The van der Waals surface area contributed by atoms with Gasteiger partial charge in [0.05, 0.1) is 12.2 Å². The molecule has 160 valence electrons. The third kappa shape index (κ3) is 7.13. The van der Waals surface area contributed by atoms with E-state index in [0.29, 0.717) is 16.7 Å². The van der Waals surface area contributed by atoms with Crippen LogP contribution in [0.1, 0.15) is 81.4 Å². The second kappa shape index (κ2) is 12.9. The molecule has 0 fully saturated rings. The Hall–Kier alpha value is -2.46. The minimum absolute atomic E-state index is 0.182. The van der Waals surface area contributed by atoms with E-state index in [0.717, 1.165) is 5.56 Å². The molecule has 0 heterocycles. The van der Waals surface area contributed by atoms with Crippen molar-refractivity contribution in [1.82, 2.24) is 0 Å². The van der Waals surface area contributed by atoms with Crippen LogP contribution in [0.5, 0.6) is 0 Å². The molecule has 1 N–H and O–H groups in total. The number of carbonyl (C=O) groups excluding carboxylic acids is 2. The molecular formula is C25H36O4. The highest BCUT2D eigenvalue weighted by Crippen LogP contribution is 2.32. The molecule has 0 saturated heterocycles. The zero-order valence-electron chi connectivity index (χ0n) is 19.1. The molecule has 0 amide bonds. The van der Waals surface area contributed by atoms with Gasteiger partial charge in [-0.1, -0.05) is 76.2 Å². The fourth-order valence-electron chi connectivity index (χ4n) is 2.91. The summed E-state index contributed by atoms with van der Waals surface area (Å²) in [6.07, 6.45) is 0. The van der Waals surface area contributed by atoms with Crippen molar-refractivity contribution in [3.63, 3.8) is 0 Å². The molecule has 2 rings (SSSR count). The molecule has 0 aliphatic heterocycles. The van der Waals surface area contributed by atoms with Gasteiger partial charge >= 0.3 is 5.97 Å². The molecule has 2 aromatic rings. The number of esters is 1. The summed E-state index contributed by atoms with van der Waals surface area (Å²) in [5, 5.41) is 10.5. The van der Waals surface area contributed by atoms with Crippen molar-refractivity contribution < 1.29 is 19.4 Å². The van der Waals surface area contributed by atoms with Gasteiger partial charge in [-0.15, -0.1) is 0 Å². The monoisotopic (exact) mass is 400 g/mol. The summed E-state index contributed by atoms with van der Waals surface area (Å²) in [6, 6.07) is 14.1. The fourth-order valence-corrected chi connectivity index (χ4v) is 2.91. The quantitative estimate of drug-likeness (QED) is 0.378. The first kappa shape index (κ1) is 26.5. The summed E-state index contributed by atoms with van der Waals surface area (Å²) in [4.78, 5) is 25.8. The molecule has 4 nitrogen and oxygen atoms in total. The molecule has 0 spiro atoms. The summed E-state index contributed by atoms with van der Waals surface area (Å²) in [5.74, 6) is -2.04. The van der Waals surface area contributed by atoms with Crippen LogP contribution in [0.2, 0.25) is 0 Å². The third-order valence-corrected chi connectivity index (χ3v) is 4.13. The molecule has 0 saturated carbocycles. The number of benzene rings is 2. The van der Waals surface area contributed by atoms with Gasteiger partial charge in [-0.05, 0) is 44.4 Å². The maximum absolute atomic E-state index is 13.2. The lowest BCUT2D eigenvalue weighted by atomic mass is 9.82. The van der Waals surface area contributed by atoms with Crippen LogP contribution in [0.4, 0.5) is 0 Å². The van der Waals surface area contributed by atoms with E-state index in [2.05, 4.69) is 0 Å². The summed E-state index contributed by atoms with van der Waals surface area (Å²) in [5.41, 5.74) is 1.10. The van der Waals surface area contributed by atoms with Crippen molar-refractivity contribution >= 4 is 11.8 Å². The predicted octanol–water partition coefficient (Wildman–Crippen LogP) is 5.80. The Balaban J connectivity index is 0.00000184. The van der Waals surface area contributed by atoms with E-state index in [1.807, 2.05) is 46.8 Å². The van der Waals surface area contributed by atoms with Gasteiger partial charge in [0.1, 0.15) is 5.92 Å². The van der Waals surface area contributed by atoms with E-state index in [1.165, 1.54) is 0 Å². The van der Waals surface area contributed by atoms with Crippen molar-refractivity contribution in [3.8, 4) is 0 Å². The number of aliphatic hydroxyl groups is 1. The summed E-state index contributed by atoms with van der Waals surface area (Å²) < 4.78 is 5.17. The normalized spacial score (nSPS) is 11.2. The highest BCUT2D eigenvalue weighted by molar-refractivity contribution is 6.13. The number of hydrogen-bond donors (Lipinski definition) is 1. The lowest BCUT2D eigenvalue weighted by Crippen LogP contribution is -2.29. The minimum Gasteiger partial charge on any atom is -0.465 e. The summed E-state index contributed by atoms with van der Waals surface area (Å²) in [7, 11) is 0. The Morgan fingerprint density at radius 2 is 1.48 bits per heavy atom. The molecule has 2 aromatic carbocycles. The van der Waals surface area contributed by atoms with Crippen LogP contribution in [0.25, 0.3) is 0 Å². The van der Waals surface area contributed by atoms with Crippen molar-refractivity contribution in [2.45, 2.75) is 66.9 Å². The second-order valence-corrected chi connectivity index (χ2v) is 6.51. The standard InChI is InChI=1S/C21H24O4.2C2H6/c1-5-25-20(23)18(19(22)15-11-7-6-10-14(15)2)16-12-8-9-13-17(16)21(3,4)24;2*1-2/h6-13,18,24H,5H2,1-4H3;2*1-2H3. The Morgan fingerprint density at radius 3 is 2.00 bits per heavy atom. The molecule has 0 bridgehead atoms. The summed E-state index contributed by atoms with van der Waals surface area (Å²) >= 11 is 0. The topological polar surface area (TPSA) is 63.6 Å². The average Bonchev–Trinajstić information content (AvgIpc) is 2.71. The molecule has 0 aromatic heterocycles. The van der Waals surface area contributed by atoms with Crippen LogP contribution >= 0.6 is 0 Å². The van der Waals surface area contributed by atoms with E-state index in [-0.39, 0.29) is 12.4 Å². The minimum atomic E-state index is -1.19. The van der Waals surface area contributed by atoms with Crippen molar-refractivity contribution in [3.05, 3.63) is 70.8 Å². The van der Waals surface area contributed by atoms with Gasteiger partial charge < -0.3 is 9.84 Å². The van der Waals surface area contributed by atoms with Crippen LogP contribution in [0.3, 0.4) is 0 Å². The second-order valence-electron chi connectivity index (χ2n) is 6.51. The van der Waals surface area contributed by atoms with Crippen molar-refractivity contribution in [2.75, 3.05) is 6.61 Å². The van der Waals surface area contributed by atoms with E-state index >= 15 is 0 Å². The van der Waals surface area contributed by atoms with Gasteiger partial charge in [0, 0.05) is 5.56 Å². The van der Waals surface area contributed by atoms with Gasteiger partial charge in [-0.25, -0.2) is 0 Å². The number of aryl methyl sites for hydroxylation is 1. The van der Waals surface area contributed by atoms with Crippen LogP contribution in [-0.4, -0.2) is 23.5 Å². The van der Waals surface area contributed by atoms with Gasteiger partial charge in [-0.3, -0.25) is 9.59 Å². The predicted molar refractivity (Wildman–Crippen MR) is 119 cm³/mol. The van der Waals surface area contributed by atoms with Crippen LogP contribution < -0.4 is 0 Å². The number of ketones is 1. The van der Waals surface area contributed by atoms with Crippen molar-refractivity contribution in [2.24, 2.45) is 0 Å². The Bertz CT molecular complexity index is 772. The number of hydrogen-bond acceptors (Lipinski definition) is 4.